The molecule has 0 bridgehead atoms. The standard InChI is InChI=1S/C28H27ClF3N3O2.C25H27F6N3O3.C25H30F3N3O3.H2/c1-18-16-20(6-7-22(18)19-4-3-5-21(29)17-19)26(37)34-12-10-27(11-13-34)24-9-8-23(25(36)28(30,31)32)35(24)15-14-33(27)2;1-32-13-14-34-19(21(35)25(29,30)31)6-7-20(34)23(32)8-11-33(12-9-23)22(36)18-4-2-17(3-5-18)16-37-15-10-24(26,27)28;1-15-13-17(5-6-18(15)23(3,4)34)22(33)30-11-9-24(10-12-30)20-8-7-19(21(32)25(26,27)28)31(20)16(2)14-29-24;/h3-9,16-17H,10-15H2,1-2H3;2-7H,8-16H2,1H3;5-8,13,16,29,34H,9-12,14H2,1-4H3;1H. The van der Waals surface area contributed by atoms with Gasteiger partial charge in [0.15, 0.2) is 0 Å². The van der Waals surface area contributed by atoms with Gasteiger partial charge in [-0.25, -0.2) is 0 Å². The minimum Gasteiger partial charge on any atom is -0.386 e. The van der Waals surface area contributed by atoms with Gasteiger partial charge in [-0.1, -0.05) is 48.0 Å². The molecule has 0 saturated carbocycles. The second-order valence-corrected chi connectivity index (χ2v) is 29.7. The zero-order chi connectivity index (χ0) is 78.6. The van der Waals surface area contributed by atoms with E-state index in [9.17, 15) is 86.6 Å². The van der Waals surface area contributed by atoms with Crippen molar-refractivity contribution in [3.05, 3.63) is 199 Å². The molecule has 13 rings (SSSR count). The highest BCUT2D eigenvalue weighted by molar-refractivity contribution is 6.30. The number of hydrogen-bond donors (Lipinski definition) is 2. The number of ether oxygens (including phenoxy) is 1. The van der Waals surface area contributed by atoms with E-state index in [2.05, 4.69) is 15.1 Å². The van der Waals surface area contributed by atoms with Gasteiger partial charge in [0.1, 0.15) is 0 Å². The molecule has 3 fully saturated rings. The Morgan fingerprint density at radius 3 is 1.42 bits per heavy atom. The average Bonchev–Trinajstić information content (AvgIpc) is 1.66. The molecule has 0 radical (unpaired) electrons. The topological polar surface area (TPSA) is 175 Å². The van der Waals surface area contributed by atoms with Crippen molar-refractivity contribution in [2.24, 2.45) is 0 Å². The molecule has 3 spiro atoms. The first kappa shape index (κ1) is 80.4. The molecule has 30 heteroatoms. The molecule has 108 heavy (non-hydrogen) atoms. The van der Waals surface area contributed by atoms with Crippen LogP contribution >= 0.6 is 11.6 Å². The maximum absolute atomic E-state index is 13.4. The van der Waals surface area contributed by atoms with Gasteiger partial charge in [0, 0.05) is 118 Å². The van der Waals surface area contributed by atoms with Gasteiger partial charge in [-0.3, -0.25) is 38.6 Å². The number of likely N-dealkylation sites (N-methyl/N-ethyl adjacent to an activating group) is 2. The maximum Gasteiger partial charge on any atom is 0.456 e. The first-order valence-corrected chi connectivity index (χ1v) is 35.9. The molecule has 1 atom stereocenters. The van der Waals surface area contributed by atoms with Crippen molar-refractivity contribution >= 4 is 46.7 Å². The predicted octanol–water partition coefficient (Wildman–Crippen LogP) is 15.0. The summed E-state index contributed by atoms with van der Waals surface area (Å²) in [6, 6.07) is 33.3. The zero-order valence-corrected chi connectivity index (χ0v) is 61.3. The number of alkyl halides is 12. The van der Waals surface area contributed by atoms with Crippen LogP contribution in [-0.4, -0.2) is 183 Å². The van der Waals surface area contributed by atoms with Gasteiger partial charge in [-0.05, 0) is 206 Å². The highest BCUT2D eigenvalue weighted by Gasteiger charge is 2.52. The first-order chi connectivity index (χ1) is 50.6. The fourth-order valence-corrected chi connectivity index (χ4v) is 16.5. The lowest BCUT2D eigenvalue weighted by atomic mass is 9.81. The summed E-state index contributed by atoms with van der Waals surface area (Å²) in [6.07, 6.45) is -16.9. The molecular formula is C78H86ClF12N9O8. The molecule has 582 valence electrons. The van der Waals surface area contributed by atoms with Gasteiger partial charge < -0.3 is 43.6 Å². The van der Waals surface area contributed by atoms with Gasteiger partial charge in [0.25, 0.3) is 35.1 Å². The van der Waals surface area contributed by atoms with Gasteiger partial charge in [0.05, 0.1) is 58.9 Å². The van der Waals surface area contributed by atoms with Crippen molar-refractivity contribution in [1.82, 2.24) is 43.5 Å². The van der Waals surface area contributed by atoms with Gasteiger partial charge >= 0.3 is 24.7 Å². The number of likely N-dealkylation sites (tertiary alicyclic amines) is 3. The van der Waals surface area contributed by atoms with Crippen molar-refractivity contribution < 1.29 is 92.7 Å². The van der Waals surface area contributed by atoms with Crippen molar-refractivity contribution in [1.29, 1.82) is 0 Å². The maximum atomic E-state index is 13.4. The van der Waals surface area contributed by atoms with E-state index in [-0.39, 0.29) is 55.4 Å². The first-order valence-electron chi connectivity index (χ1n) is 35.5. The van der Waals surface area contributed by atoms with Crippen LogP contribution in [0, 0.1) is 13.8 Å². The molecule has 4 aromatic carbocycles. The third-order valence-electron chi connectivity index (χ3n) is 22.2. The molecule has 3 saturated heterocycles. The van der Waals surface area contributed by atoms with E-state index in [1.54, 1.807) is 96.1 Å². The van der Waals surface area contributed by atoms with E-state index in [0.29, 0.717) is 148 Å². The molecular weight excluding hydrogens is 1450 g/mol. The number of piperidine rings is 3. The van der Waals surface area contributed by atoms with Gasteiger partial charge in [-0.2, -0.15) is 52.7 Å². The van der Waals surface area contributed by atoms with Crippen LogP contribution in [0.1, 0.15) is 175 Å². The Balaban J connectivity index is 0.000000174. The van der Waals surface area contributed by atoms with Gasteiger partial charge in [0.2, 0.25) is 0 Å². The Hall–Kier alpha value is -8.61. The average molecular weight is 1540 g/mol. The predicted molar refractivity (Wildman–Crippen MR) is 380 cm³/mol. The third-order valence-corrected chi connectivity index (χ3v) is 22.4. The minimum atomic E-state index is -4.95. The summed E-state index contributed by atoms with van der Waals surface area (Å²) in [5.41, 5.74) is 5.04. The highest BCUT2D eigenvalue weighted by Crippen LogP contribution is 2.46. The fourth-order valence-electron chi connectivity index (χ4n) is 16.3. The fraction of sp³-hybridized carbons (Fsp3) is 0.462. The Morgan fingerprint density at radius 1 is 0.528 bits per heavy atom. The SMILES string of the molecule is CN1CCn2c(C(=O)C(F)(F)F)ccc2C12CCN(C(=O)c1ccc(COCCC(F)(F)F)cc1)CC2.Cc1cc(C(=O)N2CCC3(CC2)NCC(C)n2c(C(=O)C(F)(F)F)ccc23)ccc1C(C)(C)O.Cc1cc(C(=O)N2CCC3(CC2)c2ccc(C(=O)C(F)(F)F)n2CCN3C)ccc1-c1cccc(Cl)c1.[HH]. The molecule has 3 aromatic heterocycles. The summed E-state index contributed by atoms with van der Waals surface area (Å²) >= 11 is 6.14. The van der Waals surface area contributed by atoms with E-state index in [1.165, 1.54) is 31.9 Å². The van der Waals surface area contributed by atoms with E-state index in [1.807, 2.05) is 70.4 Å². The van der Waals surface area contributed by atoms with Crippen LogP contribution in [0.25, 0.3) is 11.1 Å². The molecule has 6 aliphatic rings. The number of carbonyl (C=O) groups is 6. The number of aromatic nitrogens is 3. The lowest BCUT2D eigenvalue weighted by Crippen LogP contribution is -2.57. The number of Topliss-reactive ketones (excluding diaryl/α,β-unsaturated/α-hetero) is 3. The van der Waals surface area contributed by atoms with Crippen molar-refractivity contribution in [2.75, 3.05) is 79.6 Å². The van der Waals surface area contributed by atoms with Crippen molar-refractivity contribution in [2.45, 2.75) is 152 Å². The molecule has 2 N–H and O–H groups in total. The van der Waals surface area contributed by atoms with Crippen molar-refractivity contribution in [3.8, 4) is 11.1 Å². The van der Waals surface area contributed by atoms with Crippen LogP contribution in [0.2, 0.25) is 5.02 Å². The zero-order valence-electron chi connectivity index (χ0n) is 60.6. The molecule has 7 aromatic rings. The Kier molecular flexibility index (Phi) is 22.8. The molecule has 0 aliphatic carbocycles. The second kappa shape index (κ2) is 30.7. The second-order valence-electron chi connectivity index (χ2n) is 29.3. The normalized spacial score (nSPS) is 18.7. The monoisotopic (exact) mass is 1540 g/mol. The number of rotatable bonds is 12. The lowest BCUT2D eigenvalue weighted by molar-refractivity contribution is -0.146. The third kappa shape index (κ3) is 16.5. The molecule has 9 heterocycles. The Morgan fingerprint density at radius 2 is 0.963 bits per heavy atom. The largest absolute Gasteiger partial charge is 0.456 e. The van der Waals surface area contributed by atoms with Crippen LogP contribution in [0.5, 0.6) is 0 Å². The molecule has 17 nitrogen and oxygen atoms in total. The van der Waals surface area contributed by atoms with E-state index in [0.717, 1.165) is 27.8 Å². The van der Waals surface area contributed by atoms with Crippen LogP contribution in [0.4, 0.5) is 52.7 Å². The number of nitrogens with zero attached hydrogens (tertiary/aromatic N) is 8. The summed E-state index contributed by atoms with van der Waals surface area (Å²) in [6.45, 7) is 13.1. The van der Waals surface area contributed by atoms with E-state index < -0.39 is 77.3 Å². The van der Waals surface area contributed by atoms with Gasteiger partial charge in [-0.15, -0.1) is 0 Å². The van der Waals surface area contributed by atoms with Crippen LogP contribution in [0.3, 0.4) is 0 Å². The lowest BCUT2D eigenvalue weighted by Gasteiger charge is -2.50. The van der Waals surface area contributed by atoms with E-state index in [4.69, 9.17) is 16.3 Å². The van der Waals surface area contributed by atoms with Crippen LogP contribution in [0.15, 0.2) is 121 Å². The number of fused-ring (bicyclic) bond motifs is 6. The summed E-state index contributed by atoms with van der Waals surface area (Å²) in [5, 5.41) is 14.4. The Bertz CT molecular complexity index is 4530. The smallest absolute Gasteiger partial charge is 0.386 e. The number of amides is 3. The number of ketones is 3. The number of aliphatic hydroxyl groups is 1. The van der Waals surface area contributed by atoms with Crippen molar-refractivity contribution in [3.63, 3.8) is 0 Å². The van der Waals surface area contributed by atoms with E-state index >= 15 is 0 Å². The molecule has 1 unspecified atom stereocenters. The number of benzene rings is 4. The highest BCUT2D eigenvalue weighted by atomic mass is 35.5. The summed E-state index contributed by atoms with van der Waals surface area (Å²) in [7, 11) is 3.85. The number of aryl methyl sites for hydroxylation is 2. The molecule has 3 amide bonds. The number of hydrogen-bond acceptors (Lipinski definition) is 11. The summed E-state index contributed by atoms with van der Waals surface area (Å²) < 4.78 is 164. The number of nitrogens with one attached hydrogen (secondary N) is 1. The number of carbonyl (C=O) groups excluding carboxylic acids is 6. The van der Waals surface area contributed by atoms with Crippen LogP contribution in [-0.2, 0) is 46.7 Å². The van der Waals surface area contributed by atoms with Crippen LogP contribution < -0.4 is 5.32 Å². The molecule has 6 aliphatic heterocycles. The summed E-state index contributed by atoms with van der Waals surface area (Å²) in [4.78, 5) is 85.0. The quantitative estimate of drug-likeness (QED) is 0.0677. The minimum absolute atomic E-state index is 0. The summed E-state index contributed by atoms with van der Waals surface area (Å²) in [5.74, 6) is -5.91. The Labute approximate surface area is 622 Å². The number of halogens is 13.